The van der Waals surface area contributed by atoms with E-state index in [0.717, 1.165) is 25.9 Å². The van der Waals surface area contributed by atoms with Crippen molar-refractivity contribution < 1.29 is 9.84 Å². The summed E-state index contributed by atoms with van der Waals surface area (Å²) in [6, 6.07) is 0. The van der Waals surface area contributed by atoms with Crippen LogP contribution in [-0.4, -0.2) is 18.0 Å². The zero-order valence-electron chi connectivity index (χ0n) is 8.42. The molecule has 2 nitrogen and oxygen atoms in total. The number of hydrogen-bond donors (Lipinski definition) is 1. The van der Waals surface area contributed by atoms with Gasteiger partial charge in [0.05, 0.1) is 6.61 Å². The van der Waals surface area contributed by atoms with Crippen LogP contribution in [0.1, 0.15) is 33.1 Å². The number of hydrogen-bond acceptors (Lipinski definition) is 2. The van der Waals surface area contributed by atoms with Crippen molar-refractivity contribution in [3.63, 3.8) is 0 Å². The predicted octanol–water partition coefficient (Wildman–Crippen LogP) is 2.09. The van der Waals surface area contributed by atoms with Crippen molar-refractivity contribution in [2.24, 2.45) is 11.3 Å². The Morgan fingerprint density at radius 3 is 2.85 bits per heavy atom. The van der Waals surface area contributed by atoms with Crippen LogP contribution in [0.2, 0.25) is 0 Å². The van der Waals surface area contributed by atoms with Crippen LogP contribution in [0.15, 0.2) is 11.6 Å². The first-order chi connectivity index (χ1) is 6.15. The van der Waals surface area contributed by atoms with E-state index in [1.165, 1.54) is 5.57 Å². The van der Waals surface area contributed by atoms with Crippen molar-refractivity contribution in [3.8, 4) is 0 Å². The summed E-state index contributed by atoms with van der Waals surface area (Å²) < 4.78 is 5.28. The van der Waals surface area contributed by atoms with Crippen molar-refractivity contribution in [2.75, 3.05) is 6.61 Å². The third kappa shape index (κ3) is 1.32. The van der Waals surface area contributed by atoms with Gasteiger partial charge in [0.25, 0.3) is 0 Å². The minimum absolute atomic E-state index is 0.0273. The molecule has 1 spiro atoms. The highest BCUT2D eigenvalue weighted by Crippen LogP contribution is 2.48. The predicted molar refractivity (Wildman–Crippen MR) is 51.2 cm³/mol. The third-order valence-electron chi connectivity index (χ3n) is 3.76. The largest absolute Gasteiger partial charge is 0.367 e. The summed E-state index contributed by atoms with van der Waals surface area (Å²) >= 11 is 0. The molecule has 3 atom stereocenters. The van der Waals surface area contributed by atoms with Gasteiger partial charge >= 0.3 is 0 Å². The van der Waals surface area contributed by atoms with Crippen LogP contribution in [0.4, 0.5) is 0 Å². The van der Waals surface area contributed by atoms with Crippen LogP contribution >= 0.6 is 0 Å². The zero-order valence-corrected chi connectivity index (χ0v) is 8.42. The van der Waals surface area contributed by atoms with E-state index < -0.39 is 6.29 Å². The molecule has 1 saturated heterocycles. The van der Waals surface area contributed by atoms with Gasteiger partial charge in [-0.15, -0.1) is 0 Å². The van der Waals surface area contributed by atoms with Crippen LogP contribution in [0.3, 0.4) is 0 Å². The molecule has 1 fully saturated rings. The van der Waals surface area contributed by atoms with E-state index in [9.17, 15) is 5.11 Å². The fourth-order valence-corrected chi connectivity index (χ4v) is 2.68. The first-order valence-electron chi connectivity index (χ1n) is 5.12. The van der Waals surface area contributed by atoms with Gasteiger partial charge in [-0.3, -0.25) is 0 Å². The van der Waals surface area contributed by atoms with Crippen LogP contribution in [0.5, 0.6) is 0 Å². The van der Waals surface area contributed by atoms with Gasteiger partial charge in [-0.25, -0.2) is 0 Å². The molecule has 0 radical (unpaired) electrons. The maximum atomic E-state index is 9.81. The molecule has 3 unspecified atom stereocenters. The summed E-state index contributed by atoms with van der Waals surface area (Å²) in [5.41, 5.74) is 1.48. The zero-order chi connectivity index (χ0) is 9.47. The highest BCUT2D eigenvalue weighted by atomic mass is 16.6. The number of allylic oxidation sites excluding steroid dienone is 2. The number of aliphatic hydroxyl groups is 1. The van der Waals surface area contributed by atoms with E-state index in [1.807, 2.05) is 0 Å². The molecule has 0 bridgehead atoms. The van der Waals surface area contributed by atoms with Crippen molar-refractivity contribution in [2.45, 2.75) is 39.4 Å². The fraction of sp³-hybridized carbons (Fsp3) is 0.818. The molecule has 0 saturated carbocycles. The van der Waals surface area contributed by atoms with Gasteiger partial charge in [-0.05, 0) is 32.1 Å². The first-order valence-corrected chi connectivity index (χ1v) is 5.12. The highest BCUT2D eigenvalue weighted by Gasteiger charge is 2.47. The summed E-state index contributed by atoms with van der Waals surface area (Å²) in [5.74, 6) is 0.457. The lowest BCUT2D eigenvalue weighted by Crippen LogP contribution is -2.38. The quantitative estimate of drug-likeness (QED) is 0.581. The van der Waals surface area contributed by atoms with Crippen LogP contribution < -0.4 is 0 Å². The van der Waals surface area contributed by atoms with Gasteiger partial charge in [0.2, 0.25) is 0 Å². The number of rotatable bonds is 0. The fourth-order valence-electron chi connectivity index (χ4n) is 2.68. The molecule has 1 N–H and O–H groups in total. The lowest BCUT2D eigenvalue weighted by atomic mass is 9.67. The highest BCUT2D eigenvalue weighted by molar-refractivity contribution is 5.12. The standard InChI is InChI=1S/C11H18O2/c1-8-3-4-11(9(2)7-8)5-6-13-10(11)12/h7,9-10,12H,3-6H2,1-2H3. The van der Waals surface area contributed by atoms with Crippen molar-refractivity contribution in [3.05, 3.63) is 11.6 Å². The molecule has 0 amide bonds. The van der Waals surface area contributed by atoms with Gasteiger partial charge in [-0.1, -0.05) is 18.6 Å². The Hall–Kier alpha value is -0.340. The molecule has 0 aromatic carbocycles. The van der Waals surface area contributed by atoms with E-state index in [1.54, 1.807) is 0 Å². The Kier molecular flexibility index (Phi) is 2.20. The summed E-state index contributed by atoms with van der Waals surface area (Å²) in [5, 5.41) is 9.81. The molecule has 1 aliphatic carbocycles. The van der Waals surface area contributed by atoms with Crippen molar-refractivity contribution in [1.82, 2.24) is 0 Å². The first kappa shape index (κ1) is 9.22. The maximum Gasteiger partial charge on any atom is 0.160 e. The Bertz CT molecular complexity index is 234. The lowest BCUT2D eigenvalue weighted by Gasteiger charge is -2.39. The number of aliphatic hydroxyl groups excluding tert-OH is 1. The lowest BCUT2D eigenvalue weighted by molar-refractivity contribution is -0.132. The molecule has 0 aromatic rings. The number of ether oxygens (including phenoxy) is 1. The SMILES string of the molecule is CC1=CC(C)C2(CCOC2O)CC1. The Morgan fingerprint density at radius 1 is 1.54 bits per heavy atom. The average molecular weight is 182 g/mol. The van der Waals surface area contributed by atoms with E-state index in [2.05, 4.69) is 19.9 Å². The molecular formula is C11H18O2. The molecule has 74 valence electrons. The average Bonchev–Trinajstić information content (AvgIpc) is 2.43. The minimum Gasteiger partial charge on any atom is -0.367 e. The summed E-state index contributed by atoms with van der Waals surface area (Å²) in [6.45, 7) is 5.09. The Labute approximate surface area is 79.6 Å². The van der Waals surface area contributed by atoms with Crippen LogP contribution in [-0.2, 0) is 4.74 Å². The third-order valence-corrected chi connectivity index (χ3v) is 3.76. The van der Waals surface area contributed by atoms with E-state index >= 15 is 0 Å². The van der Waals surface area contributed by atoms with Crippen LogP contribution in [0.25, 0.3) is 0 Å². The van der Waals surface area contributed by atoms with E-state index in [-0.39, 0.29) is 5.41 Å². The van der Waals surface area contributed by atoms with Crippen LogP contribution in [0, 0.1) is 11.3 Å². The Balaban J connectivity index is 2.24. The molecule has 2 aliphatic rings. The molecule has 2 heteroatoms. The topological polar surface area (TPSA) is 29.5 Å². The smallest absolute Gasteiger partial charge is 0.160 e. The van der Waals surface area contributed by atoms with Gasteiger partial charge in [0.1, 0.15) is 0 Å². The molecule has 1 heterocycles. The van der Waals surface area contributed by atoms with Gasteiger partial charge < -0.3 is 9.84 Å². The summed E-state index contributed by atoms with van der Waals surface area (Å²) in [6.07, 6.45) is 4.97. The van der Waals surface area contributed by atoms with Gasteiger partial charge in [-0.2, -0.15) is 0 Å². The molecule has 1 aliphatic heterocycles. The normalized spacial score (nSPS) is 45.3. The van der Waals surface area contributed by atoms with E-state index in [0.29, 0.717) is 5.92 Å². The minimum atomic E-state index is -0.535. The maximum absolute atomic E-state index is 9.81. The molecule has 2 rings (SSSR count). The Morgan fingerprint density at radius 2 is 2.31 bits per heavy atom. The van der Waals surface area contributed by atoms with Gasteiger partial charge in [0.15, 0.2) is 6.29 Å². The van der Waals surface area contributed by atoms with E-state index in [4.69, 9.17) is 4.74 Å². The van der Waals surface area contributed by atoms with Gasteiger partial charge in [0, 0.05) is 5.41 Å². The van der Waals surface area contributed by atoms with Crippen molar-refractivity contribution >= 4 is 0 Å². The summed E-state index contributed by atoms with van der Waals surface area (Å²) in [7, 11) is 0. The van der Waals surface area contributed by atoms with Crippen molar-refractivity contribution in [1.29, 1.82) is 0 Å². The molecule has 13 heavy (non-hydrogen) atoms. The molecular weight excluding hydrogens is 164 g/mol. The monoisotopic (exact) mass is 182 g/mol. The molecule has 0 aromatic heterocycles. The second-order valence-corrected chi connectivity index (χ2v) is 4.51. The second kappa shape index (κ2) is 3.10. The summed E-state index contributed by atoms with van der Waals surface area (Å²) in [4.78, 5) is 0. The second-order valence-electron chi connectivity index (χ2n) is 4.51.